The van der Waals surface area contributed by atoms with Crippen molar-refractivity contribution in [1.82, 2.24) is 25.6 Å². The number of rotatable bonds is 6. The lowest BCUT2D eigenvalue weighted by molar-refractivity contribution is -0.121. The van der Waals surface area contributed by atoms with Gasteiger partial charge in [-0.25, -0.2) is 0 Å². The summed E-state index contributed by atoms with van der Waals surface area (Å²) in [6, 6.07) is 17.1. The molecule has 0 radical (unpaired) electrons. The van der Waals surface area contributed by atoms with E-state index < -0.39 is 0 Å². The standard InChI is InChI=1S/C22H21N5O3/c1-27-14-17(16-10-5-6-11-18(16)27)22(29)25-24-19(28)12-7-13-20-23-21(26-30-20)15-8-3-2-4-9-15/h2-6,8-11,14H,7,12-13H2,1H3,(H,24,28)(H,25,29). The monoisotopic (exact) mass is 403 g/mol. The second kappa shape index (κ2) is 8.60. The molecule has 2 heterocycles. The molecular weight excluding hydrogens is 382 g/mol. The van der Waals surface area contributed by atoms with Crippen LogP contribution in [-0.4, -0.2) is 26.5 Å². The molecule has 8 nitrogen and oxygen atoms in total. The maximum Gasteiger partial charge on any atom is 0.271 e. The Labute approximate surface area is 172 Å². The zero-order valence-electron chi connectivity index (χ0n) is 16.5. The van der Waals surface area contributed by atoms with Crippen LogP contribution < -0.4 is 10.9 Å². The lowest BCUT2D eigenvalue weighted by Crippen LogP contribution is -2.41. The van der Waals surface area contributed by atoms with Crippen molar-refractivity contribution in [2.75, 3.05) is 0 Å². The molecule has 4 rings (SSSR count). The summed E-state index contributed by atoms with van der Waals surface area (Å²) in [7, 11) is 1.87. The van der Waals surface area contributed by atoms with Crippen molar-refractivity contribution in [2.24, 2.45) is 7.05 Å². The van der Waals surface area contributed by atoms with Crippen LogP contribution in [0, 0.1) is 0 Å². The van der Waals surface area contributed by atoms with Gasteiger partial charge in [0.1, 0.15) is 0 Å². The van der Waals surface area contributed by atoms with Gasteiger partial charge in [0.05, 0.1) is 5.56 Å². The highest BCUT2D eigenvalue weighted by Gasteiger charge is 2.14. The van der Waals surface area contributed by atoms with E-state index in [1.165, 1.54) is 0 Å². The molecule has 0 aliphatic rings. The Hall–Kier alpha value is -3.94. The van der Waals surface area contributed by atoms with E-state index >= 15 is 0 Å². The molecule has 0 saturated heterocycles. The van der Waals surface area contributed by atoms with Gasteiger partial charge in [0, 0.05) is 42.6 Å². The number of nitrogens with one attached hydrogen (secondary N) is 2. The number of hydrazine groups is 1. The number of benzene rings is 2. The molecule has 2 N–H and O–H groups in total. The zero-order valence-corrected chi connectivity index (χ0v) is 16.5. The SMILES string of the molecule is Cn1cc(C(=O)NNC(=O)CCCc2nc(-c3ccccc3)no2)c2ccccc21. The Morgan fingerprint density at radius 3 is 2.63 bits per heavy atom. The van der Waals surface area contributed by atoms with E-state index in [9.17, 15) is 9.59 Å². The van der Waals surface area contributed by atoms with Gasteiger partial charge in [-0.2, -0.15) is 4.98 Å². The first-order valence-corrected chi connectivity index (χ1v) is 9.63. The van der Waals surface area contributed by atoms with Gasteiger partial charge < -0.3 is 9.09 Å². The maximum atomic E-state index is 12.4. The number of amides is 2. The van der Waals surface area contributed by atoms with Crippen LogP contribution in [0.4, 0.5) is 0 Å². The van der Waals surface area contributed by atoms with Crippen LogP contribution >= 0.6 is 0 Å². The topological polar surface area (TPSA) is 102 Å². The Balaban J connectivity index is 1.25. The molecule has 0 fully saturated rings. The molecule has 0 bridgehead atoms. The number of aromatic nitrogens is 3. The summed E-state index contributed by atoms with van der Waals surface area (Å²) < 4.78 is 7.11. The Morgan fingerprint density at radius 1 is 1.03 bits per heavy atom. The zero-order chi connectivity index (χ0) is 20.9. The minimum absolute atomic E-state index is 0.221. The second-order valence-corrected chi connectivity index (χ2v) is 6.90. The highest BCUT2D eigenvalue weighted by Crippen LogP contribution is 2.20. The van der Waals surface area contributed by atoms with Gasteiger partial charge in [0.15, 0.2) is 0 Å². The molecule has 0 spiro atoms. The minimum atomic E-state index is -0.357. The van der Waals surface area contributed by atoms with Crippen molar-refractivity contribution in [3.8, 4) is 11.4 Å². The van der Waals surface area contributed by atoms with Gasteiger partial charge in [-0.15, -0.1) is 0 Å². The molecule has 0 atom stereocenters. The van der Waals surface area contributed by atoms with E-state index in [0.29, 0.717) is 30.1 Å². The fraction of sp³-hybridized carbons (Fsp3) is 0.182. The number of aryl methyl sites for hydroxylation is 2. The average molecular weight is 403 g/mol. The van der Waals surface area contributed by atoms with E-state index in [0.717, 1.165) is 16.5 Å². The average Bonchev–Trinajstić information content (AvgIpc) is 3.38. The van der Waals surface area contributed by atoms with Crippen LogP contribution in [0.25, 0.3) is 22.3 Å². The fourth-order valence-electron chi connectivity index (χ4n) is 3.24. The predicted molar refractivity (Wildman–Crippen MR) is 111 cm³/mol. The first kappa shape index (κ1) is 19.4. The lowest BCUT2D eigenvalue weighted by Gasteiger charge is -2.06. The molecule has 8 heteroatoms. The van der Waals surface area contributed by atoms with Crippen LogP contribution in [0.5, 0.6) is 0 Å². The van der Waals surface area contributed by atoms with Gasteiger partial charge in [-0.1, -0.05) is 53.7 Å². The van der Waals surface area contributed by atoms with E-state index in [-0.39, 0.29) is 18.2 Å². The number of hydrogen-bond acceptors (Lipinski definition) is 5. The van der Waals surface area contributed by atoms with Crippen molar-refractivity contribution in [1.29, 1.82) is 0 Å². The number of nitrogens with zero attached hydrogens (tertiary/aromatic N) is 3. The molecule has 2 aromatic carbocycles. The molecule has 30 heavy (non-hydrogen) atoms. The summed E-state index contributed by atoms with van der Waals surface area (Å²) in [6.45, 7) is 0. The van der Waals surface area contributed by atoms with Gasteiger partial charge in [-0.05, 0) is 12.5 Å². The van der Waals surface area contributed by atoms with Crippen molar-refractivity contribution < 1.29 is 14.1 Å². The predicted octanol–water partition coefficient (Wildman–Crippen LogP) is 3.01. The summed E-state index contributed by atoms with van der Waals surface area (Å²) in [4.78, 5) is 28.8. The first-order chi connectivity index (χ1) is 14.6. The van der Waals surface area contributed by atoms with Crippen molar-refractivity contribution in [3.05, 3.63) is 72.2 Å². The molecule has 0 unspecified atom stereocenters. The quantitative estimate of drug-likeness (QED) is 0.482. The van der Waals surface area contributed by atoms with Crippen LogP contribution in [-0.2, 0) is 18.3 Å². The number of fused-ring (bicyclic) bond motifs is 1. The molecule has 2 aromatic heterocycles. The third-order valence-electron chi connectivity index (χ3n) is 4.75. The van der Waals surface area contributed by atoms with Crippen molar-refractivity contribution >= 4 is 22.7 Å². The summed E-state index contributed by atoms with van der Waals surface area (Å²) in [5, 5.41) is 4.79. The summed E-state index contributed by atoms with van der Waals surface area (Å²) in [5.41, 5.74) is 7.26. The Bertz CT molecular complexity index is 1180. The van der Waals surface area contributed by atoms with E-state index in [2.05, 4.69) is 21.0 Å². The van der Waals surface area contributed by atoms with Crippen LogP contribution in [0.3, 0.4) is 0 Å². The molecular formula is C22H21N5O3. The Morgan fingerprint density at radius 2 is 1.80 bits per heavy atom. The highest BCUT2D eigenvalue weighted by molar-refractivity contribution is 6.07. The molecule has 4 aromatic rings. The largest absolute Gasteiger partial charge is 0.350 e. The van der Waals surface area contributed by atoms with Crippen LogP contribution in [0.1, 0.15) is 29.1 Å². The molecule has 0 saturated carbocycles. The Kier molecular flexibility index (Phi) is 5.56. The minimum Gasteiger partial charge on any atom is -0.350 e. The normalized spacial score (nSPS) is 10.8. The highest BCUT2D eigenvalue weighted by atomic mass is 16.5. The van der Waals surface area contributed by atoms with E-state index in [1.54, 1.807) is 6.20 Å². The number of carbonyl (C=O) groups is 2. The summed E-state index contributed by atoms with van der Waals surface area (Å²) in [6.07, 6.45) is 2.96. The van der Waals surface area contributed by atoms with E-state index in [4.69, 9.17) is 4.52 Å². The second-order valence-electron chi connectivity index (χ2n) is 6.90. The summed E-state index contributed by atoms with van der Waals surface area (Å²) >= 11 is 0. The lowest BCUT2D eigenvalue weighted by atomic mass is 10.2. The van der Waals surface area contributed by atoms with Crippen molar-refractivity contribution in [2.45, 2.75) is 19.3 Å². The van der Waals surface area contributed by atoms with Crippen molar-refractivity contribution in [3.63, 3.8) is 0 Å². The van der Waals surface area contributed by atoms with Gasteiger partial charge >= 0.3 is 0 Å². The van der Waals surface area contributed by atoms with Gasteiger partial charge in [0.2, 0.25) is 17.6 Å². The molecule has 0 aliphatic carbocycles. The van der Waals surface area contributed by atoms with Crippen LogP contribution in [0.15, 0.2) is 65.3 Å². The number of hydrogen-bond donors (Lipinski definition) is 2. The maximum absolute atomic E-state index is 12.4. The number of para-hydroxylation sites is 1. The molecule has 152 valence electrons. The van der Waals surface area contributed by atoms with E-state index in [1.807, 2.05) is 66.2 Å². The van der Waals surface area contributed by atoms with Gasteiger partial charge in [0.25, 0.3) is 5.91 Å². The first-order valence-electron chi connectivity index (χ1n) is 9.63. The van der Waals surface area contributed by atoms with Gasteiger partial charge in [-0.3, -0.25) is 20.4 Å². The third-order valence-corrected chi connectivity index (χ3v) is 4.75. The summed E-state index contributed by atoms with van der Waals surface area (Å²) in [5.74, 6) is 0.356. The van der Waals surface area contributed by atoms with Crippen LogP contribution in [0.2, 0.25) is 0 Å². The molecule has 0 aliphatic heterocycles. The number of carbonyl (C=O) groups excluding carboxylic acids is 2. The fourth-order valence-corrected chi connectivity index (χ4v) is 3.24. The molecule has 2 amide bonds. The smallest absolute Gasteiger partial charge is 0.271 e. The third kappa shape index (κ3) is 4.22.